The minimum atomic E-state index is -0.0153. The zero-order chi connectivity index (χ0) is 11.4. The van der Waals surface area contributed by atoms with Crippen molar-refractivity contribution in [3.8, 4) is 0 Å². The molecule has 84 valence electrons. The summed E-state index contributed by atoms with van der Waals surface area (Å²) >= 11 is 8.52. The van der Waals surface area contributed by atoms with Gasteiger partial charge in [0.1, 0.15) is 0 Å². The maximum absolute atomic E-state index is 4.26. The molecule has 0 N–H and O–H groups in total. The Morgan fingerprint density at radius 1 is 1.07 bits per heavy atom. The van der Waals surface area contributed by atoms with Crippen LogP contribution in [0.1, 0.15) is 5.56 Å². The molecule has 0 radical (unpaired) electrons. The minimum Gasteiger partial charge on any atom is -0.378 e. The molecule has 0 aromatic heterocycles. The molecule has 0 saturated heterocycles. The summed E-state index contributed by atoms with van der Waals surface area (Å²) < 4.78 is -0.0153. The molecule has 0 amide bonds. The van der Waals surface area contributed by atoms with Crippen LogP contribution in [0.5, 0.6) is 0 Å². The summed E-state index contributed by atoms with van der Waals surface area (Å²) in [5.41, 5.74) is 2.49. The van der Waals surface area contributed by atoms with Gasteiger partial charge in [-0.05, 0) is 24.7 Å². The summed E-state index contributed by atoms with van der Waals surface area (Å²) in [6.07, 6.45) is 0. The van der Waals surface area contributed by atoms with Crippen LogP contribution in [0.4, 0.5) is 5.69 Å². The Kier molecular flexibility index (Phi) is 4.83. The van der Waals surface area contributed by atoms with Gasteiger partial charge >= 0.3 is 0 Å². The quantitative estimate of drug-likeness (QED) is 0.618. The van der Waals surface area contributed by atoms with E-state index in [9.17, 15) is 0 Å². The van der Waals surface area contributed by atoms with Crippen LogP contribution in [0.3, 0.4) is 0 Å². The van der Waals surface area contributed by atoms with E-state index in [0.29, 0.717) is 0 Å². The molecule has 15 heavy (non-hydrogen) atoms. The van der Waals surface area contributed by atoms with E-state index < -0.39 is 0 Å². The molecule has 1 aromatic rings. The average molecular weight is 242 g/mol. The van der Waals surface area contributed by atoms with Gasteiger partial charge in [0.25, 0.3) is 0 Å². The van der Waals surface area contributed by atoms with Crippen molar-refractivity contribution >= 4 is 30.9 Å². The summed E-state index contributed by atoms with van der Waals surface area (Å²) in [7, 11) is 6.09. The number of benzene rings is 1. The van der Waals surface area contributed by atoms with Gasteiger partial charge in [-0.2, -0.15) is 0 Å². The van der Waals surface area contributed by atoms with Gasteiger partial charge in [0.2, 0.25) is 0 Å². The molecule has 0 heterocycles. The molecule has 2 nitrogen and oxygen atoms in total. The van der Waals surface area contributed by atoms with Gasteiger partial charge in [-0.25, -0.2) is 0 Å². The molecule has 1 rings (SSSR count). The summed E-state index contributed by atoms with van der Waals surface area (Å²) in [6, 6.07) is 8.51. The molecule has 1 aromatic carbocycles. The highest BCUT2D eigenvalue weighted by Gasteiger charge is 2.05. The van der Waals surface area contributed by atoms with Crippen molar-refractivity contribution in [2.45, 2.75) is 11.3 Å². The predicted octanol–water partition coefficient (Wildman–Crippen LogP) is 2.33. The van der Waals surface area contributed by atoms with Crippen molar-refractivity contribution < 1.29 is 0 Å². The van der Waals surface area contributed by atoms with Crippen molar-refractivity contribution in [1.82, 2.24) is 4.90 Å². The third kappa shape index (κ3) is 3.97. The fourth-order valence-electron chi connectivity index (χ4n) is 1.27. The molecular formula is C11H18N2S2. The number of hydrogen-bond acceptors (Lipinski definition) is 4. The molecular weight excluding hydrogens is 224 g/mol. The number of anilines is 1. The van der Waals surface area contributed by atoms with Crippen LogP contribution in [0.2, 0.25) is 0 Å². The Morgan fingerprint density at radius 3 is 2.00 bits per heavy atom. The van der Waals surface area contributed by atoms with Crippen molar-refractivity contribution in [1.29, 1.82) is 0 Å². The first-order valence-electron chi connectivity index (χ1n) is 4.83. The number of nitrogens with zero attached hydrogens (tertiary/aromatic N) is 2. The smallest absolute Gasteiger partial charge is 0.0970 e. The third-order valence-electron chi connectivity index (χ3n) is 2.28. The second-order valence-corrected chi connectivity index (χ2v) is 5.21. The second-order valence-electron chi connectivity index (χ2n) is 3.82. The van der Waals surface area contributed by atoms with E-state index in [-0.39, 0.29) is 4.71 Å². The first-order valence-corrected chi connectivity index (χ1v) is 5.86. The lowest BCUT2D eigenvalue weighted by Gasteiger charge is -2.20. The Morgan fingerprint density at radius 2 is 1.60 bits per heavy atom. The second kappa shape index (κ2) is 5.68. The van der Waals surface area contributed by atoms with Gasteiger partial charge in [-0.3, -0.25) is 4.90 Å². The van der Waals surface area contributed by atoms with E-state index in [0.717, 1.165) is 6.54 Å². The van der Waals surface area contributed by atoms with Crippen molar-refractivity contribution in [3.63, 3.8) is 0 Å². The Bertz CT molecular complexity index is 296. The summed E-state index contributed by atoms with van der Waals surface area (Å²) in [4.78, 5) is 4.16. The largest absolute Gasteiger partial charge is 0.378 e. The van der Waals surface area contributed by atoms with Gasteiger partial charge in [0.05, 0.1) is 4.71 Å². The van der Waals surface area contributed by atoms with E-state index in [1.54, 1.807) is 0 Å². The number of rotatable bonds is 4. The van der Waals surface area contributed by atoms with Gasteiger partial charge in [-0.1, -0.05) is 12.1 Å². The van der Waals surface area contributed by atoms with Crippen LogP contribution in [-0.4, -0.2) is 30.7 Å². The minimum absolute atomic E-state index is 0.0153. The van der Waals surface area contributed by atoms with Crippen molar-refractivity contribution in [2.24, 2.45) is 0 Å². The lowest BCUT2D eigenvalue weighted by atomic mass is 10.2. The topological polar surface area (TPSA) is 6.48 Å². The third-order valence-corrected chi connectivity index (χ3v) is 3.07. The lowest BCUT2D eigenvalue weighted by molar-refractivity contribution is 0.368. The highest BCUT2D eigenvalue weighted by atomic mass is 32.2. The zero-order valence-electron chi connectivity index (χ0n) is 9.38. The Balaban J connectivity index is 2.64. The van der Waals surface area contributed by atoms with Crippen LogP contribution < -0.4 is 4.90 Å². The van der Waals surface area contributed by atoms with E-state index in [1.807, 2.05) is 21.1 Å². The predicted molar refractivity (Wildman–Crippen MR) is 74.0 cm³/mol. The van der Waals surface area contributed by atoms with Crippen LogP contribution >= 0.6 is 25.3 Å². The highest BCUT2D eigenvalue weighted by Crippen LogP contribution is 2.15. The summed E-state index contributed by atoms with van der Waals surface area (Å²) in [6.45, 7) is 0.866. The molecule has 0 atom stereocenters. The highest BCUT2D eigenvalue weighted by molar-refractivity contribution is 7.99. The molecule has 0 aliphatic carbocycles. The molecule has 0 aliphatic rings. The van der Waals surface area contributed by atoms with E-state index in [4.69, 9.17) is 0 Å². The molecule has 0 bridgehead atoms. The van der Waals surface area contributed by atoms with Crippen molar-refractivity contribution in [3.05, 3.63) is 29.8 Å². The van der Waals surface area contributed by atoms with E-state index in [1.165, 1.54) is 11.3 Å². The van der Waals surface area contributed by atoms with Gasteiger partial charge in [0, 0.05) is 26.3 Å². The summed E-state index contributed by atoms with van der Waals surface area (Å²) in [5.74, 6) is 0. The summed E-state index contributed by atoms with van der Waals surface area (Å²) in [5, 5.41) is 0. The Labute approximate surface area is 103 Å². The molecule has 0 spiro atoms. The fourth-order valence-corrected chi connectivity index (χ4v) is 1.43. The SMILES string of the molecule is CN(C)c1ccc(CN(C)C(S)S)cc1. The normalized spacial score (nSPS) is 11.1. The number of hydrogen-bond donors (Lipinski definition) is 2. The maximum atomic E-state index is 4.26. The van der Waals surface area contributed by atoms with E-state index >= 15 is 0 Å². The maximum Gasteiger partial charge on any atom is 0.0970 e. The molecule has 4 heteroatoms. The fraction of sp³-hybridized carbons (Fsp3) is 0.455. The molecule has 0 fully saturated rings. The Hall–Kier alpha value is -0.320. The van der Waals surface area contributed by atoms with Gasteiger partial charge < -0.3 is 4.90 Å². The van der Waals surface area contributed by atoms with Gasteiger partial charge in [-0.15, -0.1) is 25.3 Å². The molecule has 0 aliphatic heterocycles. The van der Waals surface area contributed by atoms with Crippen LogP contribution in [0, 0.1) is 0 Å². The zero-order valence-corrected chi connectivity index (χ0v) is 11.2. The first kappa shape index (κ1) is 12.7. The van der Waals surface area contributed by atoms with Crippen LogP contribution in [-0.2, 0) is 6.54 Å². The van der Waals surface area contributed by atoms with Crippen LogP contribution in [0.25, 0.3) is 0 Å². The van der Waals surface area contributed by atoms with E-state index in [2.05, 4.69) is 59.3 Å². The lowest BCUT2D eigenvalue weighted by Crippen LogP contribution is -2.22. The average Bonchev–Trinajstić information content (AvgIpc) is 2.18. The van der Waals surface area contributed by atoms with Gasteiger partial charge in [0.15, 0.2) is 0 Å². The standard InChI is InChI=1S/C11H18N2S2/c1-12(2)10-6-4-9(5-7-10)8-13(3)11(14)15/h4-7,11,14-15H,8H2,1-3H3. The molecule has 0 unspecified atom stereocenters. The van der Waals surface area contributed by atoms with Crippen LogP contribution in [0.15, 0.2) is 24.3 Å². The van der Waals surface area contributed by atoms with Crippen molar-refractivity contribution in [2.75, 3.05) is 26.0 Å². The number of thiol groups is 2. The first-order chi connectivity index (χ1) is 7.00. The molecule has 0 saturated carbocycles. The monoisotopic (exact) mass is 242 g/mol.